The van der Waals surface area contributed by atoms with Crippen molar-refractivity contribution in [2.75, 3.05) is 0 Å². The van der Waals surface area contributed by atoms with Crippen LogP contribution in [0.15, 0.2) is 30.7 Å². The van der Waals surface area contributed by atoms with Gasteiger partial charge in [0.15, 0.2) is 5.82 Å². The predicted octanol–water partition coefficient (Wildman–Crippen LogP) is 1.68. The SMILES string of the molecule is FC(F)(F)c1ccc(-n2ccnn2)nc1. The molecule has 0 N–H and O–H groups in total. The zero-order valence-corrected chi connectivity index (χ0v) is 7.31. The van der Waals surface area contributed by atoms with Gasteiger partial charge in [0.05, 0.1) is 18.0 Å². The smallest absolute Gasteiger partial charge is 0.236 e. The van der Waals surface area contributed by atoms with Crippen molar-refractivity contribution in [3.05, 3.63) is 36.3 Å². The molecule has 0 aliphatic heterocycles. The summed E-state index contributed by atoms with van der Waals surface area (Å²) in [7, 11) is 0. The molecule has 2 aromatic rings. The van der Waals surface area contributed by atoms with E-state index >= 15 is 0 Å². The highest BCUT2D eigenvalue weighted by Crippen LogP contribution is 2.28. The van der Waals surface area contributed by atoms with E-state index in [1.165, 1.54) is 23.1 Å². The monoisotopic (exact) mass is 214 g/mol. The fraction of sp³-hybridized carbons (Fsp3) is 0.125. The zero-order valence-electron chi connectivity index (χ0n) is 7.31. The van der Waals surface area contributed by atoms with E-state index in [1.54, 1.807) is 0 Å². The molecular weight excluding hydrogens is 209 g/mol. The summed E-state index contributed by atoms with van der Waals surface area (Å²) in [6.45, 7) is 0. The number of alkyl halides is 3. The van der Waals surface area contributed by atoms with Gasteiger partial charge in [0.2, 0.25) is 0 Å². The first-order valence-electron chi connectivity index (χ1n) is 3.97. The zero-order chi connectivity index (χ0) is 10.9. The van der Waals surface area contributed by atoms with Crippen molar-refractivity contribution in [1.82, 2.24) is 20.0 Å². The Kier molecular flexibility index (Phi) is 2.14. The van der Waals surface area contributed by atoms with Crippen molar-refractivity contribution in [1.29, 1.82) is 0 Å². The normalized spacial score (nSPS) is 11.7. The van der Waals surface area contributed by atoms with Crippen LogP contribution >= 0.6 is 0 Å². The second kappa shape index (κ2) is 3.34. The fourth-order valence-corrected chi connectivity index (χ4v) is 1.02. The number of aromatic nitrogens is 4. The molecule has 2 rings (SSSR count). The molecule has 0 spiro atoms. The second-order valence-electron chi connectivity index (χ2n) is 2.75. The lowest BCUT2D eigenvalue weighted by Gasteiger charge is -2.06. The van der Waals surface area contributed by atoms with Gasteiger partial charge in [-0.3, -0.25) is 0 Å². The van der Waals surface area contributed by atoms with Crippen LogP contribution in [0.5, 0.6) is 0 Å². The summed E-state index contributed by atoms with van der Waals surface area (Å²) in [5, 5.41) is 7.12. The van der Waals surface area contributed by atoms with Crippen LogP contribution in [0.2, 0.25) is 0 Å². The average molecular weight is 214 g/mol. The summed E-state index contributed by atoms with van der Waals surface area (Å²) in [4.78, 5) is 3.63. The standard InChI is InChI=1S/C8H5F3N4/c9-8(10,11)6-1-2-7(12-5-6)15-4-3-13-14-15/h1-5H. The molecule has 0 unspecified atom stereocenters. The lowest BCUT2D eigenvalue weighted by Crippen LogP contribution is -2.07. The number of halogens is 3. The summed E-state index contributed by atoms with van der Waals surface area (Å²) >= 11 is 0. The number of hydrogen-bond donors (Lipinski definition) is 0. The van der Waals surface area contributed by atoms with Crippen molar-refractivity contribution in [2.24, 2.45) is 0 Å². The largest absolute Gasteiger partial charge is 0.417 e. The third-order valence-electron chi connectivity index (χ3n) is 1.73. The van der Waals surface area contributed by atoms with Crippen LogP contribution in [0.3, 0.4) is 0 Å². The van der Waals surface area contributed by atoms with Crippen LogP contribution in [-0.4, -0.2) is 20.0 Å². The van der Waals surface area contributed by atoms with Gasteiger partial charge in [0, 0.05) is 6.20 Å². The van der Waals surface area contributed by atoms with Crippen molar-refractivity contribution in [3.63, 3.8) is 0 Å². The van der Waals surface area contributed by atoms with Crippen molar-refractivity contribution in [2.45, 2.75) is 6.18 Å². The molecule has 0 bridgehead atoms. The van der Waals surface area contributed by atoms with E-state index in [4.69, 9.17) is 0 Å². The maximum absolute atomic E-state index is 12.2. The minimum atomic E-state index is -4.37. The Labute approximate surface area is 82.4 Å². The van der Waals surface area contributed by atoms with Crippen LogP contribution in [-0.2, 0) is 6.18 Å². The van der Waals surface area contributed by atoms with E-state index in [9.17, 15) is 13.2 Å². The first-order chi connectivity index (χ1) is 7.07. The average Bonchev–Trinajstić information content (AvgIpc) is 2.69. The molecule has 2 aromatic heterocycles. The lowest BCUT2D eigenvalue weighted by molar-refractivity contribution is -0.137. The summed E-state index contributed by atoms with van der Waals surface area (Å²) in [6.07, 6.45) is -0.695. The molecule has 0 fully saturated rings. The van der Waals surface area contributed by atoms with Gasteiger partial charge in [-0.05, 0) is 12.1 Å². The van der Waals surface area contributed by atoms with E-state index in [2.05, 4.69) is 15.3 Å². The minimum Gasteiger partial charge on any atom is -0.236 e. The predicted molar refractivity (Wildman–Crippen MR) is 44.2 cm³/mol. The molecule has 15 heavy (non-hydrogen) atoms. The Morgan fingerprint density at radius 2 is 2.00 bits per heavy atom. The summed E-state index contributed by atoms with van der Waals surface area (Å²) in [5.41, 5.74) is -0.786. The Morgan fingerprint density at radius 1 is 1.20 bits per heavy atom. The van der Waals surface area contributed by atoms with Crippen LogP contribution in [0.4, 0.5) is 13.2 Å². The van der Waals surface area contributed by atoms with Gasteiger partial charge in [0.1, 0.15) is 0 Å². The molecule has 2 heterocycles. The highest BCUT2D eigenvalue weighted by molar-refractivity contribution is 5.25. The fourth-order valence-electron chi connectivity index (χ4n) is 1.02. The van der Waals surface area contributed by atoms with Crippen LogP contribution in [0, 0.1) is 0 Å². The maximum atomic E-state index is 12.2. The van der Waals surface area contributed by atoms with E-state index in [1.807, 2.05) is 0 Å². The second-order valence-corrected chi connectivity index (χ2v) is 2.75. The third kappa shape index (κ3) is 1.95. The first-order valence-corrected chi connectivity index (χ1v) is 3.97. The number of rotatable bonds is 1. The molecule has 0 saturated heterocycles. The van der Waals surface area contributed by atoms with E-state index < -0.39 is 11.7 Å². The van der Waals surface area contributed by atoms with Gasteiger partial charge >= 0.3 is 6.18 Å². The van der Waals surface area contributed by atoms with Gasteiger partial charge in [-0.1, -0.05) is 5.21 Å². The van der Waals surface area contributed by atoms with Crippen molar-refractivity contribution >= 4 is 0 Å². The van der Waals surface area contributed by atoms with Crippen LogP contribution < -0.4 is 0 Å². The molecule has 0 atom stereocenters. The molecule has 0 radical (unpaired) electrons. The van der Waals surface area contributed by atoms with Gasteiger partial charge in [-0.25, -0.2) is 9.67 Å². The molecule has 78 valence electrons. The van der Waals surface area contributed by atoms with Gasteiger partial charge in [0.25, 0.3) is 0 Å². The first kappa shape index (κ1) is 9.63. The number of pyridine rings is 1. The Balaban J connectivity index is 2.33. The molecule has 0 aliphatic rings. The summed E-state index contributed by atoms with van der Waals surface area (Å²) in [5.74, 6) is 0.292. The highest BCUT2D eigenvalue weighted by atomic mass is 19.4. The maximum Gasteiger partial charge on any atom is 0.417 e. The van der Waals surface area contributed by atoms with Crippen molar-refractivity contribution < 1.29 is 13.2 Å². The van der Waals surface area contributed by atoms with Gasteiger partial charge in [-0.15, -0.1) is 5.10 Å². The molecule has 0 saturated carbocycles. The molecule has 0 aliphatic carbocycles. The summed E-state index contributed by atoms with van der Waals surface area (Å²) < 4.78 is 37.8. The van der Waals surface area contributed by atoms with Crippen LogP contribution in [0.1, 0.15) is 5.56 Å². The minimum absolute atomic E-state index is 0.292. The van der Waals surface area contributed by atoms with Gasteiger partial charge < -0.3 is 0 Å². The molecule has 0 amide bonds. The number of hydrogen-bond acceptors (Lipinski definition) is 3. The van der Waals surface area contributed by atoms with Gasteiger partial charge in [-0.2, -0.15) is 13.2 Å². The lowest BCUT2D eigenvalue weighted by atomic mass is 10.3. The molecule has 0 aromatic carbocycles. The quantitative estimate of drug-likeness (QED) is 0.725. The Bertz CT molecular complexity index is 432. The highest BCUT2D eigenvalue weighted by Gasteiger charge is 2.30. The van der Waals surface area contributed by atoms with E-state index in [0.717, 1.165) is 12.3 Å². The topological polar surface area (TPSA) is 43.6 Å². The number of nitrogens with zero attached hydrogens (tertiary/aromatic N) is 4. The Hall–Kier alpha value is -1.92. The third-order valence-corrected chi connectivity index (χ3v) is 1.73. The molecule has 4 nitrogen and oxygen atoms in total. The van der Waals surface area contributed by atoms with E-state index in [-0.39, 0.29) is 0 Å². The molecular formula is C8H5F3N4. The van der Waals surface area contributed by atoms with E-state index in [0.29, 0.717) is 5.82 Å². The molecule has 7 heteroatoms. The summed E-state index contributed by atoms with van der Waals surface area (Å²) in [6, 6.07) is 2.18. The Morgan fingerprint density at radius 3 is 2.47 bits per heavy atom. The van der Waals surface area contributed by atoms with Crippen LogP contribution in [0.25, 0.3) is 5.82 Å². The van der Waals surface area contributed by atoms with Crippen molar-refractivity contribution in [3.8, 4) is 5.82 Å².